The van der Waals surface area contributed by atoms with Gasteiger partial charge in [-0.2, -0.15) is 0 Å². The van der Waals surface area contributed by atoms with Crippen molar-refractivity contribution in [3.05, 3.63) is 12.2 Å². The van der Waals surface area contributed by atoms with Crippen LogP contribution in [0, 0.1) is 41.4 Å². The predicted molar refractivity (Wildman–Crippen MR) is 338 cm³/mol. The molecule has 0 aromatic rings. The van der Waals surface area contributed by atoms with Crippen LogP contribution in [0.3, 0.4) is 0 Å². The summed E-state index contributed by atoms with van der Waals surface area (Å²) in [6.07, 6.45) is 3.10. The quantitative estimate of drug-likeness (QED) is 0.147. The molecule has 0 aromatic heterocycles. The van der Waals surface area contributed by atoms with Gasteiger partial charge in [0.15, 0.2) is 5.78 Å². The number of nitrogens with one attached hydrogen (secondary N) is 4. The number of Topliss-reactive ketones (excluding diaryl/α,β-unsaturated/α-hetero) is 1. The zero-order valence-corrected chi connectivity index (χ0v) is 57.5. The van der Waals surface area contributed by atoms with Gasteiger partial charge in [0.25, 0.3) is 0 Å². The predicted octanol–water partition coefficient (Wildman–Crippen LogP) is 3.70. The van der Waals surface area contributed by atoms with Crippen LogP contribution in [-0.2, 0) is 52.7 Å². The number of hydrogen-bond donors (Lipinski definition) is 5. The first-order valence-electron chi connectivity index (χ1n) is 31.5. The summed E-state index contributed by atoms with van der Waals surface area (Å²) < 4.78 is 0. The topological polar surface area (TPSA) is 279 Å². The molecule has 1 heterocycles. The van der Waals surface area contributed by atoms with Gasteiger partial charge in [0, 0.05) is 54.7 Å². The van der Waals surface area contributed by atoms with E-state index in [4.69, 9.17) is 0 Å². The molecule has 1 saturated heterocycles. The Morgan fingerprint density at radius 1 is 0.494 bits per heavy atom. The van der Waals surface area contributed by atoms with Crippen molar-refractivity contribution in [2.24, 2.45) is 41.4 Å². The van der Waals surface area contributed by atoms with E-state index in [0.717, 1.165) is 9.80 Å². The van der Waals surface area contributed by atoms with E-state index >= 15 is 9.59 Å². The Morgan fingerprint density at radius 2 is 0.954 bits per heavy atom. The molecule has 23 heteroatoms. The molecule has 0 bridgehead atoms. The van der Waals surface area contributed by atoms with E-state index in [1.807, 2.05) is 68.4 Å². The monoisotopic (exact) mass is 1230 g/mol. The van der Waals surface area contributed by atoms with E-state index in [2.05, 4.69) is 21.3 Å². The van der Waals surface area contributed by atoms with Gasteiger partial charge in [-0.05, 0) is 108 Å². The first-order valence-corrected chi connectivity index (χ1v) is 31.5. The smallest absolute Gasteiger partial charge is 0.246 e. The maximum Gasteiger partial charge on any atom is 0.246 e. The van der Waals surface area contributed by atoms with Crippen molar-refractivity contribution < 1.29 is 57.8 Å². The SMILES string of the molecule is C/C=C/CC(C)C(O)C1C(=O)NC(CC)C(=O)N(C)CC(=O)CN(C)C(CC(C)C)C(=O)NC(C(C)C)C(=O)N(C)C(CC(C)C)C(=O)NC(C)C(=O)NC(C)CC(=O)N(C)C(CC(C)C)C(=O)N(C)C(CC(C)C)C(=O)N(C)C(C(C)C)C(=O)N1C. The summed E-state index contributed by atoms with van der Waals surface area (Å²) in [4.78, 5) is 168. The summed E-state index contributed by atoms with van der Waals surface area (Å²) in [6, 6.07) is -11.3. The largest absolute Gasteiger partial charge is 0.390 e. The average molecular weight is 1230 g/mol. The van der Waals surface area contributed by atoms with Crippen LogP contribution in [0.25, 0.3) is 0 Å². The van der Waals surface area contributed by atoms with E-state index < -0.39 is 156 Å². The molecule has 0 aliphatic carbocycles. The van der Waals surface area contributed by atoms with E-state index in [1.165, 1.54) is 68.8 Å². The molecular formula is C64H115N11O12. The second-order valence-corrected chi connectivity index (χ2v) is 27.0. The minimum atomic E-state index is -1.59. The molecule has 5 N–H and O–H groups in total. The van der Waals surface area contributed by atoms with Gasteiger partial charge in [-0.15, -0.1) is 0 Å². The van der Waals surface area contributed by atoms with Gasteiger partial charge in [0.1, 0.15) is 48.3 Å². The molecule has 498 valence electrons. The fourth-order valence-electron chi connectivity index (χ4n) is 11.1. The third-order valence-corrected chi connectivity index (χ3v) is 16.4. The first kappa shape index (κ1) is 79.0. The molecule has 12 atom stereocenters. The number of ketones is 1. The molecule has 87 heavy (non-hydrogen) atoms. The van der Waals surface area contributed by atoms with Crippen molar-refractivity contribution in [3.63, 3.8) is 0 Å². The normalized spacial score (nSPS) is 27.0. The molecule has 1 rings (SSSR count). The van der Waals surface area contributed by atoms with E-state index in [-0.39, 0.29) is 68.7 Å². The fraction of sp³-hybridized carbons (Fsp3) is 0.797. The Balaban J connectivity index is 4.23. The Hall–Kier alpha value is -5.97. The third-order valence-electron chi connectivity index (χ3n) is 16.4. The van der Waals surface area contributed by atoms with Gasteiger partial charge in [-0.25, -0.2) is 0 Å². The highest BCUT2D eigenvalue weighted by Crippen LogP contribution is 2.26. The van der Waals surface area contributed by atoms with Gasteiger partial charge in [-0.1, -0.05) is 109 Å². The van der Waals surface area contributed by atoms with Crippen LogP contribution in [0.4, 0.5) is 0 Å². The van der Waals surface area contributed by atoms with Crippen molar-refractivity contribution in [3.8, 4) is 0 Å². The molecule has 1 fully saturated rings. The molecular weight excluding hydrogens is 1110 g/mol. The molecule has 23 nitrogen and oxygen atoms in total. The van der Waals surface area contributed by atoms with Crippen LogP contribution in [-0.4, -0.2) is 233 Å². The minimum Gasteiger partial charge on any atom is -0.390 e. The zero-order valence-electron chi connectivity index (χ0n) is 57.5. The zero-order chi connectivity index (χ0) is 67.4. The van der Waals surface area contributed by atoms with E-state index in [1.54, 1.807) is 66.5 Å². The van der Waals surface area contributed by atoms with Crippen molar-refractivity contribution in [2.45, 2.75) is 229 Å². The van der Waals surface area contributed by atoms with Crippen molar-refractivity contribution >= 4 is 64.9 Å². The maximum atomic E-state index is 15.1. The molecule has 0 aromatic carbocycles. The molecule has 12 unspecified atom stereocenters. The minimum absolute atomic E-state index is 0.0501. The second-order valence-electron chi connectivity index (χ2n) is 27.0. The Bertz CT molecular complexity index is 2360. The van der Waals surface area contributed by atoms with Crippen LogP contribution in [0.2, 0.25) is 0 Å². The highest BCUT2D eigenvalue weighted by Gasteiger charge is 2.45. The number of hydrogen-bond acceptors (Lipinski definition) is 13. The van der Waals surface area contributed by atoms with Gasteiger partial charge < -0.3 is 55.8 Å². The molecule has 1 aliphatic heterocycles. The summed E-state index contributed by atoms with van der Waals surface area (Å²) >= 11 is 0. The molecule has 10 amide bonds. The van der Waals surface area contributed by atoms with Crippen LogP contribution in [0.15, 0.2) is 12.2 Å². The van der Waals surface area contributed by atoms with Crippen LogP contribution in [0.5, 0.6) is 0 Å². The molecule has 1 aliphatic rings. The number of rotatable bonds is 15. The van der Waals surface area contributed by atoms with Crippen LogP contribution >= 0.6 is 0 Å². The summed E-state index contributed by atoms with van der Waals surface area (Å²) in [6.45, 7) is 29.7. The Morgan fingerprint density at radius 3 is 1.44 bits per heavy atom. The van der Waals surface area contributed by atoms with Crippen LogP contribution < -0.4 is 21.3 Å². The van der Waals surface area contributed by atoms with Crippen LogP contribution in [0.1, 0.15) is 163 Å². The summed E-state index contributed by atoms with van der Waals surface area (Å²) in [5, 5.41) is 23.3. The van der Waals surface area contributed by atoms with Gasteiger partial charge >= 0.3 is 0 Å². The lowest BCUT2D eigenvalue weighted by Crippen LogP contribution is -2.63. The van der Waals surface area contributed by atoms with Crippen molar-refractivity contribution in [2.75, 3.05) is 62.4 Å². The molecule has 0 spiro atoms. The Labute approximate surface area is 521 Å². The Kier molecular flexibility index (Phi) is 33.2. The fourth-order valence-corrected chi connectivity index (χ4v) is 11.1. The average Bonchev–Trinajstić information content (AvgIpc) is 1.80. The van der Waals surface area contributed by atoms with E-state index in [0.29, 0.717) is 6.42 Å². The highest BCUT2D eigenvalue weighted by molar-refractivity contribution is 5.98. The number of carbonyl (C=O) groups excluding carboxylic acids is 11. The number of nitrogens with zero attached hydrogens (tertiary/aromatic N) is 7. The lowest BCUT2D eigenvalue weighted by Gasteiger charge is -2.41. The number of carbonyl (C=O) groups is 11. The number of amides is 10. The standard InChI is InChI=1S/C64H115N11O12/c1-25-27-28-42(15)55(78)54-59(82)67-46(26-2)60(83)70(19)35-45(76)34-69(18)47(29-36(3)4)57(80)68-52(40(11)12)63(86)72(21)48(30-37(5)6)58(81)66-44(17)56(79)65-43(16)33-51(77)71(20)49(31-38(7)8)61(84)73(22)50(32-39(9)10)62(85)74(23)53(41(13)14)64(87)75(54)24/h25,27,36-44,46-50,52-55,78H,26,28-35H2,1-24H3,(H,65,79)(H,66,81)(H,67,82)(H,68,80)/b27-25+. The number of aliphatic hydroxyl groups excluding tert-OH is 1. The van der Waals surface area contributed by atoms with Gasteiger partial charge in [-0.3, -0.25) is 57.6 Å². The molecule has 0 radical (unpaired) electrons. The van der Waals surface area contributed by atoms with Gasteiger partial charge in [0.2, 0.25) is 59.1 Å². The molecule has 0 saturated carbocycles. The van der Waals surface area contributed by atoms with E-state index in [9.17, 15) is 48.3 Å². The summed E-state index contributed by atoms with van der Waals surface area (Å²) in [7, 11) is 10.3. The van der Waals surface area contributed by atoms with Crippen molar-refractivity contribution in [1.29, 1.82) is 0 Å². The first-order chi connectivity index (χ1) is 40.2. The lowest BCUT2D eigenvalue weighted by atomic mass is 9.91. The maximum absolute atomic E-state index is 15.1. The lowest BCUT2D eigenvalue weighted by molar-refractivity contribution is -0.157. The number of likely N-dealkylation sites (N-methyl/N-ethyl adjacent to an activating group) is 7. The van der Waals surface area contributed by atoms with Gasteiger partial charge in [0.05, 0.1) is 25.2 Å². The number of aliphatic hydroxyl groups is 1. The highest BCUT2D eigenvalue weighted by atomic mass is 16.3. The number of allylic oxidation sites excluding steroid dienone is 2. The summed E-state index contributed by atoms with van der Waals surface area (Å²) in [5.41, 5.74) is 0. The van der Waals surface area contributed by atoms with Crippen molar-refractivity contribution in [1.82, 2.24) is 55.6 Å². The second kappa shape index (κ2) is 36.5. The third kappa shape index (κ3) is 23.5. The summed E-state index contributed by atoms with van der Waals surface area (Å²) in [5.74, 6) is -8.62.